The lowest BCUT2D eigenvalue weighted by Crippen LogP contribution is -2.29. The summed E-state index contributed by atoms with van der Waals surface area (Å²) in [6.45, 7) is 0. The van der Waals surface area contributed by atoms with Gasteiger partial charge in [-0.05, 0) is 54.6 Å². The predicted molar refractivity (Wildman–Crippen MR) is 117 cm³/mol. The van der Waals surface area contributed by atoms with E-state index in [-0.39, 0.29) is 21.9 Å². The van der Waals surface area contributed by atoms with Crippen LogP contribution in [0.15, 0.2) is 72.4 Å². The minimum absolute atomic E-state index is 0.0907. The Labute approximate surface area is 187 Å². The van der Waals surface area contributed by atoms with Crippen molar-refractivity contribution in [2.45, 2.75) is 6.04 Å². The van der Waals surface area contributed by atoms with E-state index in [9.17, 15) is 14.7 Å². The number of anilines is 1. The molecule has 150 valence electrons. The molecule has 1 saturated heterocycles. The highest BCUT2D eigenvalue weighted by Crippen LogP contribution is 2.42. The number of amides is 1. The van der Waals surface area contributed by atoms with Gasteiger partial charge >= 0.3 is 0 Å². The van der Waals surface area contributed by atoms with Crippen LogP contribution in [0.4, 0.5) is 5.69 Å². The van der Waals surface area contributed by atoms with Crippen LogP contribution in [0, 0.1) is 0 Å². The maximum absolute atomic E-state index is 13.0. The number of aliphatic hydroxyl groups excluding tert-OH is 1. The van der Waals surface area contributed by atoms with E-state index in [2.05, 4.69) is 4.98 Å². The van der Waals surface area contributed by atoms with Gasteiger partial charge in [0.15, 0.2) is 0 Å². The molecule has 1 N–H and O–H groups in total. The fraction of sp³-hybridized carbons (Fsp3) is 0.0455. The van der Waals surface area contributed by atoms with Gasteiger partial charge in [0.05, 0.1) is 21.3 Å². The van der Waals surface area contributed by atoms with Gasteiger partial charge in [-0.15, -0.1) is 0 Å². The molecular weight excluding hydrogens is 447 g/mol. The number of Topliss-reactive ketones (excluding diaryl/α,β-unsaturated/α-hetero) is 1. The molecule has 1 atom stereocenters. The van der Waals surface area contributed by atoms with E-state index in [1.807, 2.05) is 0 Å². The summed E-state index contributed by atoms with van der Waals surface area (Å²) in [4.78, 5) is 31.6. The Bertz CT molecular complexity index is 1180. The van der Waals surface area contributed by atoms with Gasteiger partial charge in [-0.1, -0.05) is 40.9 Å². The number of hydrogen-bond acceptors (Lipinski definition) is 4. The van der Waals surface area contributed by atoms with Gasteiger partial charge in [-0.3, -0.25) is 19.5 Å². The first kappa shape index (κ1) is 20.4. The Hall–Kier alpha value is -2.86. The number of carbonyl (C=O) groups is 2. The van der Waals surface area contributed by atoms with E-state index < -0.39 is 17.7 Å². The number of benzene rings is 2. The molecule has 1 fully saturated rings. The van der Waals surface area contributed by atoms with Crippen LogP contribution < -0.4 is 4.90 Å². The van der Waals surface area contributed by atoms with E-state index in [0.29, 0.717) is 21.4 Å². The van der Waals surface area contributed by atoms with Crippen molar-refractivity contribution in [3.8, 4) is 0 Å². The zero-order valence-corrected chi connectivity index (χ0v) is 17.5. The van der Waals surface area contributed by atoms with Crippen LogP contribution >= 0.6 is 34.8 Å². The quantitative estimate of drug-likeness (QED) is 0.311. The Kier molecular flexibility index (Phi) is 5.52. The summed E-state index contributed by atoms with van der Waals surface area (Å²) < 4.78 is 0. The molecule has 0 aliphatic carbocycles. The van der Waals surface area contributed by atoms with Crippen LogP contribution in [0.25, 0.3) is 5.76 Å². The summed E-state index contributed by atoms with van der Waals surface area (Å²) in [5.74, 6) is -1.97. The Balaban J connectivity index is 1.94. The number of nitrogens with zero attached hydrogens (tertiary/aromatic N) is 2. The molecule has 2 aromatic carbocycles. The zero-order chi connectivity index (χ0) is 21.4. The van der Waals surface area contributed by atoms with Crippen molar-refractivity contribution in [3.05, 3.63) is 98.8 Å². The fourth-order valence-electron chi connectivity index (χ4n) is 3.32. The standard InChI is InChI=1S/C22H13Cl3N2O3/c23-13-5-7-14(8-6-13)27-19(17-3-1-2-10-26-17)18(21(29)22(27)30)20(28)12-4-9-15(24)16(25)11-12/h1-11,19,28H/b20-18-. The number of pyridine rings is 1. The van der Waals surface area contributed by atoms with E-state index in [1.165, 1.54) is 23.1 Å². The summed E-state index contributed by atoms with van der Waals surface area (Å²) in [5.41, 5.74) is 1.05. The molecule has 1 amide bonds. The van der Waals surface area contributed by atoms with Gasteiger partial charge in [0.25, 0.3) is 11.7 Å². The molecule has 0 radical (unpaired) electrons. The molecule has 3 aromatic rings. The van der Waals surface area contributed by atoms with E-state index >= 15 is 0 Å². The van der Waals surface area contributed by atoms with Crippen LogP contribution in [-0.2, 0) is 9.59 Å². The second kappa shape index (κ2) is 8.11. The van der Waals surface area contributed by atoms with Crippen molar-refractivity contribution in [2.24, 2.45) is 0 Å². The third-order valence-corrected chi connectivity index (χ3v) is 5.70. The molecule has 30 heavy (non-hydrogen) atoms. The van der Waals surface area contributed by atoms with Crippen molar-refractivity contribution >= 4 is 57.9 Å². The highest BCUT2D eigenvalue weighted by molar-refractivity contribution is 6.51. The fourth-order valence-corrected chi connectivity index (χ4v) is 3.74. The summed E-state index contributed by atoms with van der Waals surface area (Å²) in [6.07, 6.45) is 1.55. The molecule has 1 aliphatic heterocycles. The van der Waals surface area contributed by atoms with Crippen molar-refractivity contribution in [1.82, 2.24) is 4.98 Å². The number of aliphatic hydroxyl groups is 1. The van der Waals surface area contributed by atoms with E-state index in [4.69, 9.17) is 34.8 Å². The molecule has 1 aliphatic rings. The second-order valence-corrected chi connectivity index (χ2v) is 7.78. The maximum atomic E-state index is 13.0. The van der Waals surface area contributed by atoms with Crippen LogP contribution in [0.3, 0.4) is 0 Å². The van der Waals surface area contributed by atoms with Crippen LogP contribution in [0.5, 0.6) is 0 Å². The summed E-state index contributed by atoms with van der Waals surface area (Å²) in [5, 5.41) is 12.0. The van der Waals surface area contributed by atoms with Gasteiger partial charge in [0.2, 0.25) is 0 Å². The molecule has 8 heteroatoms. The lowest BCUT2D eigenvalue weighted by Gasteiger charge is -2.24. The van der Waals surface area contributed by atoms with Crippen molar-refractivity contribution in [3.63, 3.8) is 0 Å². The monoisotopic (exact) mass is 458 g/mol. The number of hydrogen-bond donors (Lipinski definition) is 1. The minimum Gasteiger partial charge on any atom is -0.507 e. The highest BCUT2D eigenvalue weighted by atomic mass is 35.5. The summed E-state index contributed by atoms with van der Waals surface area (Å²) in [6, 6.07) is 15.2. The van der Waals surface area contributed by atoms with Crippen LogP contribution in [-0.4, -0.2) is 21.8 Å². The molecule has 0 bridgehead atoms. The molecule has 1 unspecified atom stereocenters. The first-order valence-electron chi connectivity index (χ1n) is 8.81. The molecule has 1 aromatic heterocycles. The molecule has 5 nitrogen and oxygen atoms in total. The lowest BCUT2D eigenvalue weighted by atomic mass is 9.98. The van der Waals surface area contributed by atoms with E-state index in [0.717, 1.165) is 0 Å². The Morgan fingerprint density at radius 2 is 1.67 bits per heavy atom. The first-order chi connectivity index (χ1) is 14.4. The summed E-state index contributed by atoms with van der Waals surface area (Å²) >= 11 is 18.0. The van der Waals surface area contributed by atoms with Gasteiger partial charge < -0.3 is 5.11 Å². The number of halogens is 3. The Morgan fingerprint density at radius 3 is 2.30 bits per heavy atom. The predicted octanol–water partition coefficient (Wildman–Crippen LogP) is 5.67. The third-order valence-electron chi connectivity index (χ3n) is 4.71. The maximum Gasteiger partial charge on any atom is 0.300 e. The number of ketones is 1. The number of rotatable bonds is 3. The molecule has 0 saturated carbocycles. The molecule has 0 spiro atoms. The number of aromatic nitrogens is 1. The van der Waals surface area contributed by atoms with Crippen molar-refractivity contribution < 1.29 is 14.7 Å². The first-order valence-corrected chi connectivity index (χ1v) is 9.95. The topological polar surface area (TPSA) is 70.5 Å². The van der Waals surface area contributed by atoms with Gasteiger partial charge in [0, 0.05) is 22.5 Å². The largest absolute Gasteiger partial charge is 0.507 e. The second-order valence-electron chi connectivity index (χ2n) is 6.53. The SMILES string of the molecule is O=C1C(=O)N(c2ccc(Cl)cc2)C(c2ccccn2)/C1=C(/O)c1ccc(Cl)c(Cl)c1. The lowest BCUT2D eigenvalue weighted by molar-refractivity contribution is -0.132. The molecule has 2 heterocycles. The normalized spacial score (nSPS) is 18.1. The van der Waals surface area contributed by atoms with Gasteiger partial charge in [-0.2, -0.15) is 0 Å². The average Bonchev–Trinajstić information content (AvgIpc) is 3.02. The number of carbonyl (C=O) groups excluding carboxylic acids is 2. The van der Waals surface area contributed by atoms with Crippen molar-refractivity contribution in [1.29, 1.82) is 0 Å². The minimum atomic E-state index is -0.929. The van der Waals surface area contributed by atoms with Gasteiger partial charge in [0.1, 0.15) is 11.8 Å². The smallest absolute Gasteiger partial charge is 0.300 e. The van der Waals surface area contributed by atoms with E-state index in [1.54, 1.807) is 48.7 Å². The zero-order valence-electron chi connectivity index (χ0n) is 15.2. The highest BCUT2D eigenvalue weighted by Gasteiger charge is 2.47. The molecular formula is C22H13Cl3N2O3. The van der Waals surface area contributed by atoms with Crippen LogP contribution in [0.2, 0.25) is 15.1 Å². The molecule has 4 rings (SSSR count). The Morgan fingerprint density at radius 1 is 0.933 bits per heavy atom. The van der Waals surface area contributed by atoms with Crippen molar-refractivity contribution in [2.75, 3.05) is 4.90 Å². The average molecular weight is 460 g/mol. The summed E-state index contributed by atoms with van der Waals surface area (Å²) in [7, 11) is 0. The van der Waals surface area contributed by atoms with Gasteiger partial charge in [-0.25, -0.2) is 0 Å². The third kappa shape index (κ3) is 3.56. The van der Waals surface area contributed by atoms with Crippen LogP contribution in [0.1, 0.15) is 17.3 Å².